The van der Waals surface area contributed by atoms with Crippen LogP contribution in [0.15, 0.2) is 29.6 Å². The molecular formula is C19H24N4O4. The molecule has 1 aliphatic heterocycles. The van der Waals surface area contributed by atoms with E-state index in [-0.39, 0.29) is 40.3 Å². The van der Waals surface area contributed by atoms with Crippen LogP contribution in [0.25, 0.3) is 0 Å². The lowest BCUT2D eigenvalue weighted by molar-refractivity contribution is -0.124. The van der Waals surface area contributed by atoms with Crippen molar-refractivity contribution in [2.24, 2.45) is 0 Å². The van der Waals surface area contributed by atoms with Crippen LogP contribution >= 0.6 is 0 Å². The molecule has 1 aromatic carbocycles. The van der Waals surface area contributed by atoms with E-state index in [9.17, 15) is 19.5 Å². The highest BCUT2D eigenvalue weighted by Crippen LogP contribution is 2.30. The van der Waals surface area contributed by atoms with E-state index >= 15 is 0 Å². The summed E-state index contributed by atoms with van der Waals surface area (Å²) < 4.78 is 0. The first-order chi connectivity index (χ1) is 12.9. The van der Waals surface area contributed by atoms with Gasteiger partial charge in [0.25, 0.3) is 17.7 Å². The Labute approximate surface area is 157 Å². The van der Waals surface area contributed by atoms with Crippen molar-refractivity contribution >= 4 is 23.4 Å². The first-order valence-corrected chi connectivity index (χ1v) is 9.05. The maximum atomic E-state index is 12.2. The Morgan fingerprint density at radius 1 is 1.11 bits per heavy atom. The SMILES string of the molecule is CN(C)C(=O)c1cccc(NC2=C(NC3CCCCC3)C(=O)NC2=O)c1O. The molecule has 3 amide bonds. The Morgan fingerprint density at radius 2 is 1.78 bits per heavy atom. The number of carbonyl (C=O) groups excluding carboxylic acids is 3. The van der Waals surface area contributed by atoms with E-state index in [4.69, 9.17) is 0 Å². The van der Waals surface area contributed by atoms with E-state index in [1.54, 1.807) is 26.2 Å². The van der Waals surface area contributed by atoms with E-state index in [0.717, 1.165) is 25.7 Å². The second kappa shape index (κ2) is 7.69. The van der Waals surface area contributed by atoms with E-state index in [2.05, 4.69) is 16.0 Å². The summed E-state index contributed by atoms with van der Waals surface area (Å²) in [5, 5.41) is 18.7. The predicted octanol–water partition coefficient (Wildman–Crippen LogP) is 1.30. The molecule has 1 aliphatic carbocycles. The summed E-state index contributed by atoms with van der Waals surface area (Å²) in [5.41, 5.74) is 0.522. The second-order valence-corrected chi connectivity index (χ2v) is 7.04. The van der Waals surface area contributed by atoms with Gasteiger partial charge in [0, 0.05) is 20.1 Å². The van der Waals surface area contributed by atoms with Gasteiger partial charge in [0.2, 0.25) is 0 Å². The molecule has 1 fully saturated rings. The maximum Gasteiger partial charge on any atom is 0.276 e. The average Bonchev–Trinajstić information content (AvgIpc) is 2.90. The Bertz CT molecular complexity index is 810. The number of hydrogen-bond acceptors (Lipinski definition) is 6. The summed E-state index contributed by atoms with van der Waals surface area (Å²) in [5.74, 6) is -1.69. The van der Waals surface area contributed by atoms with Crippen molar-refractivity contribution in [2.45, 2.75) is 38.1 Å². The molecule has 2 aliphatic rings. The van der Waals surface area contributed by atoms with E-state index in [1.165, 1.54) is 17.4 Å². The van der Waals surface area contributed by atoms with Crippen LogP contribution in [0, 0.1) is 0 Å². The number of benzene rings is 1. The van der Waals surface area contributed by atoms with Gasteiger partial charge in [-0.1, -0.05) is 25.3 Å². The Kier molecular flexibility index (Phi) is 5.34. The van der Waals surface area contributed by atoms with Crippen molar-refractivity contribution in [2.75, 3.05) is 19.4 Å². The Hall–Kier alpha value is -3.03. The van der Waals surface area contributed by atoms with Crippen molar-refractivity contribution < 1.29 is 19.5 Å². The standard InChI is InChI=1S/C19H24N4O4/c1-23(2)19(27)12-9-6-10-13(16(12)24)21-15-14(17(25)22-18(15)26)20-11-7-4-3-5-8-11/h6,9-11,24H,3-5,7-8H2,1-2H3,(H3,20,21,22,25,26). The fourth-order valence-corrected chi connectivity index (χ4v) is 3.36. The molecule has 8 nitrogen and oxygen atoms in total. The number of nitrogens with zero attached hydrogens (tertiary/aromatic N) is 1. The molecule has 3 rings (SSSR count). The molecule has 144 valence electrons. The maximum absolute atomic E-state index is 12.2. The van der Waals surface area contributed by atoms with Gasteiger partial charge in [-0.2, -0.15) is 0 Å². The molecule has 8 heteroatoms. The van der Waals surface area contributed by atoms with Crippen LogP contribution in [0.4, 0.5) is 5.69 Å². The van der Waals surface area contributed by atoms with Gasteiger partial charge in [0.1, 0.15) is 11.4 Å². The largest absolute Gasteiger partial charge is 0.505 e. The fraction of sp³-hybridized carbons (Fsp3) is 0.421. The molecule has 4 N–H and O–H groups in total. The monoisotopic (exact) mass is 372 g/mol. The zero-order valence-electron chi connectivity index (χ0n) is 15.5. The summed E-state index contributed by atoms with van der Waals surface area (Å²) in [6.45, 7) is 0. The summed E-state index contributed by atoms with van der Waals surface area (Å²) in [4.78, 5) is 37.9. The molecule has 0 bridgehead atoms. The van der Waals surface area contributed by atoms with Crippen molar-refractivity contribution in [3.05, 3.63) is 35.2 Å². The number of para-hydroxylation sites is 1. The van der Waals surface area contributed by atoms with Crippen LogP contribution < -0.4 is 16.0 Å². The first kappa shape index (κ1) is 18.8. The van der Waals surface area contributed by atoms with Gasteiger partial charge < -0.3 is 20.6 Å². The normalized spacial score (nSPS) is 17.7. The van der Waals surface area contributed by atoms with Crippen LogP contribution in [0.2, 0.25) is 0 Å². The third-order valence-corrected chi connectivity index (χ3v) is 4.82. The molecule has 0 aromatic heterocycles. The fourth-order valence-electron chi connectivity index (χ4n) is 3.36. The average molecular weight is 372 g/mol. The Balaban J connectivity index is 1.89. The van der Waals surface area contributed by atoms with Crippen molar-refractivity contribution in [3.8, 4) is 5.75 Å². The number of phenolic OH excluding ortho intramolecular Hbond substituents is 1. The van der Waals surface area contributed by atoms with Gasteiger partial charge in [0.15, 0.2) is 5.75 Å². The summed E-state index contributed by atoms with van der Waals surface area (Å²) >= 11 is 0. The van der Waals surface area contributed by atoms with Crippen LogP contribution in [-0.2, 0) is 9.59 Å². The van der Waals surface area contributed by atoms with E-state index < -0.39 is 11.8 Å². The molecule has 0 radical (unpaired) electrons. The van der Waals surface area contributed by atoms with Gasteiger partial charge in [-0.3, -0.25) is 19.7 Å². The number of rotatable bonds is 5. The highest BCUT2D eigenvalue weighted by molar-refractivity contribution is 6.20. The number of amides is 3. The number of aromatic hydroxyl groups is 1. The van der Waals surface area contributed by atoms with Gasteiger partial charge in [-0.15, -0.1) is 0 Å². The highest BCUT2D eigenvalue weighted by atomic mass is 16.3. The second-order valence-electron chi connectivity index (χ2n) is 7.04. The molecule has 0 spiro atoms. The number of anilines is 1. The van der Waals surface area contributed by atoms with Crippen LogP contribution in [0.1, 0.15) is 42.5 Å². The number of imide groups is 1. The number of hydrogen-bond donors (Lipinski definition) is 4. The molecule has 1 saturated carbocycles. The molecule has 27 heavy (non-hydrogen) atoms. The lowest BCUT2D eigenvalue weighted by Gasteiger charge is -2.24. The molecular weight excluding hydrogens is 348 g/mol. The number of carbonyl (C=O) groups is 3. The van der Waals surface area contributed by atoms with Crippen molar-refractivity contribution in [3.63, 3.8) is 0 Å². The summed E-state index contributed by atoms with van der Waals surface area (Å²) in [6, 6.07) is 4.78. The lowest BCUT2D eigenvalue weighted by Crippen LogP contribution is -2.35. The molecule has 1 aromatic rings. The third kappa shape index (κ3) is 3.89. The molecule has 1 heterocycles. The van der Waals surface area contributed by atoms with Crippen molar-refractivity contribution in [1.29, 1.82) is 0 Å². The van der Waals surface area contributed by atoms with Gasteiger partial charge >= 0.3 is 0 Å². The molecule has 0 saturated heterocycles. The van der Waals surface area contributed by atoms with E-state index in [0.29, 0.717) is 0 Å². The Morgan fingerprint density at radius 3 is 2.44 bits per heavy atom. The van der Waals surface area contributed by atoms with E-state index in [1.807, 2.05) is 0 Å². The number of nitrogens with one attached hydrogen (secondary N) is 3. The van der Waals surface area contributed by atoms with Crippen LogP contribution in [0.5, 0.6) is 5.75 Å². The number of phenols is 1. The minimum absolute atomic E-state index is 0.0512. The topological polar surface area (TPSA) is 111 Å². The van der Waals surface area contributed by atoms with Crippen LogP contribution in [-0.4, -0.2) is 47.9 Å². The zero-order valence-corrected chi connectivity index (χ0v) is 15.5. The van der Waals surface area contributed by atoms with Crippen LogP contribution in [0.3, 0.4) is 0 Å². The minimum Gasteiger partial charge on any atom is -0.505 e. The third-order valence-electron chi connectivity index (χ3n) is 4.82. The van der Waals surface area contributed by atoms with Crippen molar-refractivity contribution in [1.82, 2.24) is 15.5 Å². The van der Waals surface area contributed by atoms with Gasteiger partial charge in [-0.05, 0) is 25.0 Å². The quantitative estimate of drug-likeness (QED) is 0.458. The zero-order chi connectivity index (χ0) is 19.6. The summed E-state index contributed by atoms with van der Waals surface area (Å²) in [7, 11) is 3.17. The molecule has 0 atom stereocenters. The minimum atomic E-state index is -0.568. The predicted molar refractivity (Wildman–Crippen MR) is 99.9 cm³/mol. The van der Waals surface area contributed by atoms with Gasteiger partial charge in [0.05, 0.1) is 11.3 Å². The first-order valence-electron chi connectivity index (χ1n) is 9.05. The smallest absolute Gasteiger partial charge is 0.276 e. The summed E-state index contributed by atoms with van der Waals surface area (Å²) in [6.07, 6.45) is 5.22. The lowest BCUT2D eigenvalue weighted by atomic mass is 9.95. The van der Waals surface area contributed by atoms with Gasteiger partial charge in [-0.25, -0.2) is 0 Å². The molecule has 0 unspecified atom stereocenters. The highest BCUT2D eigenvalue weighted by Gasteiger charge is 2.33.